The zero-order valence-corrected chi connectivity index (χ0v) is 20.0. The maximum Gasteiger partial charge on any atom is 0.254 e. The van der Waals surface area contributed by atoms with Gasteiger partial charge in [0.15, 0.2) is 11.5 Å². The molecule has 0 fully saturated rings. The second kappa shape index (κ2) is 9.79. The second-order valence-corrected chi connectivity index (χ2v) is 9.03. The van der Waals surface area contributed by atoms with E-state index < -0.39 is 0 Å². The van der Waals surface area contributed by atoms with E-state index in [-0.39, 0.29) is 5.91 Å². The summed E-state index contributed by atoms with van der Waals surface area (Å²) in [4.78, 5) is 17.1. The third-order valence-corrected chi connectivity index (χ3v) is 7.09. The molecule has 0 spiro atoms. The molecule has 2 aromatic carbocycles. The number of methoxy groups -OCH3 is 3. The highest BCUT2D eigenvalue weighted by molar-refractivity contribution is 7.17. The monoisotopic (exact) mass is 454 g/mol. The highest BCUT2D eigenvalue weighted by Gasteiger charge is 2.29. The second-order valence-electron chi connectivity index (χ2n) is 8.12. The van der Waals surface area contributed by atoms with Gasteiger partial charge in [-0.15, -0.1) is 11.3 Å². The van der Waals surface area contributed by atoms with Gasteiger partial charge in [0.2, 0.25) is 0 Å². The Hall–Kier alpha value is -2.77. The fraction of sp³-hybridized carbons (Fsp3) is 0.400. The standard InChI is InChI=1S/C25H30N2O4S/c1-26(11-8-17-16-32-24-7-6-19(29-2)13-20(17)24)9-5-10-27-15-18-12-22(30-3)23(31-4)14-21(18)25(27)28/h6-7,12-14,16H,5,8-11,15H2,1-4H3. The van der Waals surface area contributed by atoms with E-state index in [1.54, 1.807) is 38.7 Å². The van der Waals surface area contributed by atoms with E-state index in [1.165, 1.54) is 15.6 Å². The maximum atomic E-state index is 12.8. The molecule has 0 saturated carbocycles. The molecule has 32 heavy (non-hydrogen) atoms. The number of benzene rings is 2. The quantitative estimate of drug-likeness (QED) is 0.453. The number of hydrogen-bond donors (Lipinski definition) is 0. The van der Waals surface area contributed by atoms with Crippen molar-refractivity contribution in [3.8, 4) is 17.2 Å². The molecule has 0 N–H and O–H groups in total. The summed E-state index contributed by atoms with van der Waals surface area (Å²) in [7, 11) is 7.06. The van der Waals surface area contributed by atoms with Crippen LogP contribution in [0.4, 0.5) is 0 Å². The van der Waals surface area contributed by atoms with Crippen LogP contribution < -0.4 is 14.2 Å². The van der Waals surface area contributed by atoms with Crippen LogP contribution in [-0.4, -0.2) is 63.7 Å². The fourth-order valence-corrected chi connectivity index (χ4v) is 5.19. The molecule has 0 bridgehead atoms. The number of carbonyl (C=O) groups excluding carboxylic acids is 1. The van der Waals surface area contributed by atoms with Crippen LogP contribution in [0.25, 0.3) is 10.1 Å². The zero-order chi connectivity index (χ0) is 22.7. The third-order valence-electron chi connectivity index (χ3n) is 6.08. The molecule has 1 aromatic heterocycles. The number of rotatable bonds is 10. The molecule has 1 amide bonds. The Kier molecular flexibility index (Phi) is 6.86. The molecule has 2 heterocycles. The molecule has 1 aliphatic rings. The van der Waals surface area contributed by atoms with Gasteiger partial charge in [-0.1, -0.05) is 0 Å². The SMILES string of the molecule is COc1ccc2scc(CCN(C)CCCN3Cc4cc(OC)c(OC)cc4C3=O)c2c1. The molecule has 0 radical (unpaired) electrons. The first-order valence-electron chi connectivity index (χ1n) is 10.8. The molecule has 0 atom stereocenters. The average Bonchev–Trinajstić information content (AvgIpc) is 3.36. The van der Waals surface area contributed by atoms with Crippen LogP contribution in [0, 0.1) is 0 Å². The lowest BCUT2D eigenvalue weighted by molar-refractivity contribution is 0.0772. The number of thiophene rings is 1. The summed E-state index contributed by atoms with van der Waals surface area (Å²) in [5.41, 5.74) is 3.08. The van der Waals surface area contributed by atoms with Gasteiger partial charge in [-0.25, -0.2) is 0 Å². The Bertz CT molecular complexity index is 1110. The van der Waals surface area contributed by atoms with Crippen molar-refractivity contribution >= 4 is 27.3 Å². The van der Waals surface area contributed by atoms with Crippen LogP contribution in [0.2, 0.25) is 0 Å². The molecule has 0 unspecified atom stereocenters. The first-order valence-corrected chi connectivity index (χ1v) is 11.7. The highest BCUT2D eigenvalue weighted by Crippen LogP contribution is 2.35. The van der Waals surface area contributed by atoms with Crippen LogP contribution >= 0.6 is 11.3 Å². The van der Waals surface area contributed by atoms with Crippen LogP contribution in [0.5, 0.6) is 17.2 Å². The molecular weight excluding hydrogens is 424 g/mol. The van der Waals surface area contributed by atoms with E-state index in [0.717, 1.165) is 49.4 Å². The Balaban J connectivity index is 1.28. The summed E-state index contributed by atoms with van der Waals surface area (Å²) in [6.07, 6.45) is 1.93. The lowest BCUT2D eigenvalue weighted by atomic mass is 10.1. The molecular formula is C25H30N2O4S. The Morgan fingerprint density at radius 1 is 1.03 bits per heavy atom. The first kappa shape index (κ1) is 22.4. The number of fused-ring (bicyclic) bond motifs is 2. The normalized spacial score (nSPS) is 13.2. The summed E-state index contributed by atoms with van der Waals surface area (Å²) < 4.78 is 17.4. The van der Waals surface area contributed by atoms with Crippen molar-refractivity contribution in [1.29, 1.82) is 0 Å². The lowest BCUT2D eigenvalue weighted by Crippen LogP contribution is -2.29. The Morgan fingerprint density at radius 3 is 2.56 bits per heavy atom. The van der Waals surface area contributed by atoms with Crippen LogP contribution in [-0.2, 0) is 13.0 Å². The highest BCUT2D eigenvalue weighted by atomic mass is 32.1. The van der Waals surface area contributed by atoms with Crippen molar-refractivity contribution in [3.63, 3.8) is 0 Å². The van der Waals surface area contributed by atoms with Gasteiger partial charge in [0.05, 0.1) is 21.3 Å². The molecule has 170 valence electrons. The van der Waals surface area contributed by atoms with E-state index >= 15 is 0 Å². The fourth-order valence-electron chi connectivity index (χ4n) is 4.22. The molecule has 3 aromatic rings. The van der Waals surface area contributed by atoms with Gasteiger partial charge in [-0.2, -0.15) is 0 Å². The number of hydrogen-bond acceptors (Lipinski definition) is 6. The number of carbonyl (C=O) groups is 1. The maximum absolute atomic E-state index is 12.8. The third kappa shape index (κ3) is 4.54. The smallest absolute Gasteiger partial charge is 0.254 e. The van der Waals surface area contributed by atoms with Gasteiger partial charge in [0.25, 0.3) is 5.91 Å². The minimum absolute atomic E-state index is 0.0716. The van der Waals surface area contributed by atoms with Crippen LogP contribution in [0.15, 0.2) is 35.7 Å². The Labute approximate surface area is 193 Å². The van der Waals surface area contributed by atoms with E-state index in [1.807, 2.05) is 17.0 Å². The summed E-state index contributed by atoms with van der Waals surface area (Å²) >= 11 is 1.78. The number of amides is 1. The van der Waals surface area contributed by atoms with E-state index in [9.17, 15) is 4.79 Å². The first-order chi connectivity index (χ1) is 15.5. The van der Waals surface area contributed by atoms with Crippen molar-refractivity contribution in [2.45, 2.75) is 19.4 Å². The van der Waals surface area contributed by atoms with E-state index in [2.05, 4.69) is 29.5 Å². The molecule has 0 aliphatic carbocycles. The zero-order valence-electron chi connectivity index (χ0n) is 19.1. The Morgan fingerprint density at radius 2 is 1.81 bits per heavy atom. The van der Waals surface area contributed by atoms with Gasteiger partial charge in [-0.05, 0) is 78.7 Å². The molecule has 0 saturated heterocycles. The molecule has 4 rings (SSSR count). The van der Waals surface area contributed by atoms with Crippen molar-refractivity contribution in [2.75, 3.05) is 48.0 Å². The molecule has 7 heteroatoms. The van der Waals surface area contributed by atoms with Gasteiger partial charge in [0, 0.05) is 29.9 Å². The minimum Gasteiger partial charge on any atom is -0.497 e. The average molecular weight is 455 g/mol. The predicted molar refractivity (Wildman–Crippen MR) is 128 cm³/mol. The number of nitrogens with zero attached hydrogens (tertiary/aromatic N) is 2. The number of likely N-dealkylation sites (N-methyl/N-ethyl adjacent to an activating group) is 1. The summed E-state index contributed by atoms with van der Waals surface area (Å²) in [5.74, 6) is 2.23. The van der Waals surface area contributed by atoms with E-state index in [0.29, 0.717) is 18.0 Å². The summed E-state index contributed by atoms with van der Waals surface area (Å²) in [6.45, 7) is 3.28. The summed E-state index contributed by atoms with van der Waals surface area (Å²) in [5, 5.41) is 3.54. The van der Waals surface area contributed by atoms with Crippen molar-refractivity contribution < 1.29 is 19.0 Å². The largest absolute Gasteiger partial charge is 0.497 e. The van der Waals surface area contributed by atoms with Crippen molar-refractivity contribution in [2.24, 2.45) is 0 Å². The van der Waals surface area contributed by atoms with Crippen LogP contribution in [0.1, 0.15) is 27.9 Å². The van der Waals surface area contributed by atoms with Crippen molar-refractivity contribution in [1.82, 2.24) is 9.80 Å². The number of ether oxygens (including phenoxy) is 3. The van der Waals surface area contributed by atoms with Gasteiger partial charge in [0.1, 0.15) is 5.75 Å². The molecule has 1 aliphatic heterocycles. The van der Waals surface area contributed by atoms with Crippen molar-refractivity contribution in [3.05, 3.63) is 52.4 Å². The van der Waals surface area contributed by atoms with Crippen LogP contribution in [0.3, 0.4) is 0 Å². The van der Waals surface area contributed by atoms with Gasteiger partial charge < -0.3 is 24.0 Å². The topological polar surface area (TPSA) is 51.2 Å². The molecule has 6 nitrogen and oxygen atoms in total. The minimum atomic E-state index is 0.0716. The predicted octanol–water partition coefficient (Wildman–Crippen LogP) is 4.45. The van der Waals surface area contributed by atoms with Gasteiger partial charge in [-0.3, -0.25) is 4.79 Å². The van der Waals surface area contributed by atoms with E-state index in [4.69, 9.17) is 14.2 Å². The summed E-state index contributed by atoms with van der Waals surface area (Å²) in [6, 6.07) is 9.98. The lowest BCUT2D eigenvalue weighted by Gasteiger charge is -2.20. The van der Waals surface area contributed by atoms with Gasteiger partial charge >= 0.3 is 0 Å².